The van der Waals surface area contributed by atoms with Crippen LogP contribution in [0.15, 0.2) is 46.4 Å². The summed E-state index contributed by atoms with van der Waals surface area (Å²) in [5, 5.41) is 4.07. The highest BCUT2D eigenvalue weighted by Gasteiger charge is 2.17. The lowest BCUT2D eigenvalue weighted by atomic mass is 10.1. The number of carbonyl (C=O) groups excluding carboxylic acids is 1. The number of nitrogens with zero attached hydrogens (tertiary/aromatic N) is 1. The molecule has 0 spiro atoms. The maximum absolute atomic E-state index is 12.5. The van der Waals surface area contributed by atoms with Crippen molar-refractivity contribution in [3.63, 3.8) is 0 Å². The number of nitrogens with one attached hydrogen (secondary N) is 1. The van der Waals surface area contributed by atoms with Crippen LogP contribution in [0.25, 0.3) is 0 Å². The van der Waals surface area contributed by atoms with Gasteiger partial charge in [0.25, 0.3) is 5.91 Å². The highest BCUT2D eigenvalue weighted by Crippen LogP contribution is 2.38. The van der Waals surface area contributed by atoms with Crippen molar-refractivity contribution < 1.29 is 27.4 Å². The minimum absolute atomic E-state index is 0.213. The Balaban J connectivity index is 2.23. The number of hydrogen-bond donors (Lipinski definition) is 1. The molecular formula is C19H22N2O6S. The molecule has 0 atom stereocenters. The maximum atomic E-state index is 12.5. The van der Waals surface area contributed by atoms with E-state index in [1.165, 1.54) is 45.6 Å². The number of ether oxygens (including phenoxy) is 3. The highest BCUT2D eigenvalue weighted by atomic mass is 32.2. The van der Waals surface area contributed by atoms with Crippen molar-refractivity contribution >= 4 is 21.5 Å². The number of sulfone groups is 1. The summed E-state index contributed by atoms with van der Waals surface area (Å²) in [6.45, 7) is 1.70. The van der Waals surface area contributed by atoms with Gasteiger partial charge in [0.05, 0.1) is 31.9 Å². The van der Waals surface area contributed by atoms with E-state index in [0.717, 1.165) is 6.26 Å². The highest BCUT2D eigenvalue weighted by molar-refractivity contribution is 7.90. The van der Waals surface area contributed by atoms with E-state index in [1.54, 1.807) is 19.1 Å². The summed E-state index contributed by atoms with van der Waals surface area (Å²) in [7, 11) is 1.12. The van der Waals surface area contributed by atoms with Crippen LogP contribution in [0.2, 0.25) is 0 Å². The number of benzene rings is 2. The lowest BCUT2D eigenvalue weighted by molar-refractivity contribution is 0.0954. The van der Waals surface area contributed by atoms with Crippen molar-refractivity contribution in [2.45, 2.75) is 11.8 Å². The van der Waals surface area contributed by atoms with Gasteiger partial charge in [0.15, 0.2) is 21.3 Å². The predicted octanol–water partition coefficient (Wildman–Crippen LogP) is 2.27. The van der Waals surface area contributed by atoms with Crippen LogP contribution in [0.3, 0.4) is 0 Å². The Morgan fingerprint density at radius 2 is 1.46 bits per heavy atom. The van der Waals surface area contributed by atoms with Crippen molar-refractivity contribution in [2.24, 2.45) is 5.10 Å². The molecule has 2 aromatic carbocycles. The van der Waals surface area contributed by atoms with Crippen molar-refractivity contribution in [1.29, 1.82) is 0 Å². The molecule has 8 nitrogen and oxygen atoms in total. The van der Waals surface area contributed by atoms with Gasteiger partial charge in [-0.2, -0.15) is 5.10 Å². The Bertz CT molecular complexity index is 973. The van der Waals surface area contributed by atoms with Gasteiger partial charge in [-0.1, -0.05) is 12.1 Å². The van der Waals surface area contributed by atoms with Crippen LogP contribution in [-0.4, -0.2) is 47.6 Å². The third-order valence-electron chi connectivity index (χ3n) is 3.95. The molecule has 2 rings (SSSR count). The zero-order valence-electron chi connectivity index (χ0n) is 16.3. The molecule has 0 heterocycles. The van der Waals surface area contributed by atoms with Crippen molar-refractivity contribution in [2.75, 3.05) is 27.6 Å². The molecule has 0 fully saturated rings. The van der Waals surface area contributed by atoms with Gasteiger partial charge in [0.1, 0.15) is 0 Å². The largest absolute Gasteiger partial charge is 0.493 e. The molecule has 2 aromatic rings. The number of hydrogen-bond acceptors (Lipinski definition) is 7. The molecule has 0 aliphatic rings. The van der Waals surface area contributed by atoms with E-state index < -0.39 is 15.7 Å². The van der Waals surface area contributed by atoms with Gasteiger partial charge in [-0.25, -0.2) is 13.8 Å². The van der Waals surface area contributed by atoms with E-state index in [9.17, 15) is 13.2 Å². The molecule has 0 aromatic heterocycles. The monoisotopic (exact) mass is 406 g/mol. The molecule has 1 N–H and O–H groups in total. The standard InChI is InChI=1S/C19H22N2O6S/c1-12(13-6-8-15(9-7-13)28(5,23)24)20-21-19(22)14-10-16(25-2)18(27-4)17(11-14)26-3/h6-11H,1-5H3,(H,21,22)/b20-12-. The fourth-order valence-electron chi connectivity index (χ4n) is 2.42. The Kier molecular flexibility index (Phi) is 6.63. The molecule has 150 valence electrons. The summed E-state index contributed by atoms with van der Waals surface area (Å²) in [5.74, 6) is 0.617. The Labute approximate surface area is 164 Å². The molecule has 0 bridgehead atoms. The molecule has 1 amide bonds. The van der Waals surface area contributed by atoms with Crippen LogP contribution in [0, 0.1) is 0 Å². The molecule has 0 radical (unpaired) electrons. The SMILES string of the molecule is COc1cc(C(=O)N/N=C(/C)c2ccc(S(C)(=O)=O)cc2)cc(OC)c1OC. The fourth-order valence-corrected chi connectivity index (χ4v) is 3.05. The molecular weight excluding hydrogens is 384 g/mol. The molecule has 0 unspecified atom stereocenters. The summed E-state index contributed by atoms with van der Waals surface area (Å²) in [6.07, 6.45) is 1.14. The maximum Gasteiger partial charge on any atom is 0.271 e. The van der Waals surface area contributed by atoms with Crippen LogP contribution in [-0.2, 0) is 9.84 Å². The van der Waals surface area contributed by atoms with Crippen LogP contribution in [0.1, 0.15) is 22.8 Å². The Morgan fingerprint density at radius 1 is 0.929 bits per heavy atom. The summed E-state index contributed by atoms with van der Waals surface area (Å²) < 4.78 is 38.7. The van der Waals surface area contributed by atoms with Crippen LogP contribution >= 0.6 is 0 Å². The van der Waals surface area contributed by atoms with E-state index >= 15 is 0 Å². The van der Waals surface area contributed by atoms with Crippen molar-refractivity contribution in [3.05, 3.63) is 47.5 Å². The average molecular weight is 406 g/mol. The summed E-state index contributed by atoms with van der Waals surface area (Å²) >= 11 is 0. The number of hydrazone groups is 1. The van der Waals surface area contributed by atoms with Gasteiger partial charge < -0.3 is 14.2 Å². The second-order valence-corrected chi connectivity index (χ2v) is 7.86. The minimum atomic E-state index is -3.27. The number of rotatable bonds is 7. The quantitative estimate of drug-likeness (QED) is 0.559. The average Bonchev–Trinajstić information content (AvgIpc) is 2.69. The van der Waals surface area contributed by atoms with Gasteiger partial charge in [-0.3, -0.25) is 4.79 Å². The minimum Gasteiger partial charge on any atom is -0.493 e. The summed E-state index contributed by atoms with van der Waals surface area (Å²) in [5.41, 5.74) is 3.93. The number of carbonyl (C=O) groups is 1. The summed E-state index contributed by atoms with van der Waals surface area (Å²) in [6, 6.07) is 9.27. The first kappa shape index (κ1) is 21.2. The Morgan fingerprint density at radius 3 is 1.89 bits per heavy atom. The van der Waals surface area contributed by atoms with Crippen LogP contribution in [0.5, 0.6) is 17.2 Å². The van der Waals surface area contributed by atoms with E-state index in [2.05, 4.69) is 10.5 Å². The van der Waals surface area contributed by atoms with E-state index in [0.29, 0.717) is 28.5 Å². The third kappa shape index (κ3) is 4.80. The predicted molar refractivity (Wildman–Crippen MR) is 105 cm³/mol. The molecule has 9 heteroatoms. The zero-order chi connectivity index (χ0) is 20.9. The van der Waals surface area contributed by atoms with Crippen molar-refractivity contribution in [3.8, 4) is 17.2 Å². The van der Waals surface area contributed by atoms with Gasteiger partial charge in [-0.15, -0.1) is 0 Å². The smallest absolute Gasteiger partial charge is 0.271 e. The van der Waals surface area contributed by atoms with Gasteiger partial charge in [0, 0.05) is 11.8 Å². The Hall–Kier alpha value is -3.07. The molecule has 0 saturated heterocycles. The zero-order valence-corrected chi connectivity index (χ0v) is 17.1. The third-order valence-corrected chi connectivity index (χ3v) is 5.08. The van der Waals surface area contributed by atoms with E-state index in [4.69, 9.17) is 14.2 Å². The van der Waals surface area contributed by atoms with Crippen molar-refractivity contribution in [1.82, 2.24) is 5.43 Å². The second-order valence-electron chi connectivity index (χ2n) is 5.85. The fraction of sp³-hybridized carbons (Fsp3) is 0.263. The molecule has 0 aliphatic carbocycles. The number of amides is 1. The lowest BCUT2D eigenvalue weighted by Gasteiger charge is -2.13. The van der Waals surface area contributed by atoms with E-state index in [-0.39, 0.29) is 10.5 Å². The van der Waals surface area contributed by atoms with Gasteiger partial charge in [-0.05, 0) is 36.8 Å². The van der Waals surface area contributed by atoms with Crippen LogP contribution < -0.4 is 19.6 Å². The summed E-state index contributed by atoms with van der Waals surface area (Å²) in [4.78, 5) is 12.7. The molecule has 28 heavy (non-hydrogen) atoms. The number of methoxy groups -OCH3 is 3. The van der Waals surface area contributed by atoms with E-state index in [1.807, 2.05) is 0 Å². The topological polar surface area (TPSA) is 103 Å². The van der Waals surface area contributed by atoms with Gasteiger partial charge in [0.2, 0.25) is 5.75 Å². The normalized spacial score (nSPS) is 11.7. The molecule has 0 saturated carbocycles. The van der Waals surface area contributed by atoms with Gasteiger partial charge >= 0.3 is 0 Å². The first-order valence-corrected chi connectivity index (χ1v) is 10.1. The molecule has 0 aliphatic heterocycles. The lowest BCUT2D eigenvalue weighted by Crippen LogP contribution is -2.19. The van der Waals surface area contributed by atoms with Crippen LogP contribution in [0.4, 0.5) is 0 Å². The first-order chi connectivity index (χ1) is 13.2. The second kappa shape index (κ2) is 8.75. The first-order valence-electron chi connectivity index (χ1n) is 8.16.